The standard InChI is InChI=1S/C18H29NO/c1-18(2,3)15-7-5-14(6-8-15)13-19-16-9-11-17(20-4)12-10-16/h9-12,14-15,19H,5-8,13H2,1-4H3. The van der Waals surface area contributed by atoms with E-state index in [9.17, 15) is 0 Å². The van der Waals surface area contributed by atoms with Crippen LogP contribution in [0.3, 0.4) is 0 Å². The zero-order chi connectivity index (χ0) is 14.6. The molecule has 1 aliphatic rings. The number of nitrogens with one attached hydrogen (secondary N) is 1. The summed E-state index contributed by atoms with van der Waals surface area (Å²) in [5.74, 6) is 2.65. The zero-order valence-electron chi connectivity index (χ0n) is 13.4. The van der Waals surface area contributed by atoms with Crippen molar-refractivity contribution in [2.24, 2.45) is 17.3 Å². The first kappa shape index (κ1) is 15.2. The number of anilines is 1. The number of ether oxygens (including phenoxy) is 1. The normalized spacial score (nSPS) is 23.4. The lowest BCUT2D eigenvalue weighted by atomic mass is 9.70. The molecule has 0 spiro atoms. The molecule has 1 aromatic carbocycles. The number of hydrogen-bond acceptors (Lipinski definition) is 2. The van der Waals surface area contributed by atoms with Gasteiger partial charge in [-0.1, -0.05) is 20.8 Å². The van der Waals surface area contributed by atoms with Gasteiger partial charge in [0.25, 0.3) is 0 Å². The van der Waals surface area contributed by atoms with Gasteiger partial charge in [-0.15, -0.1) is 0 Å². The summed E-state index contributed by atoms with van der Waals surface area (Å²) in [6.07, 6.45) is 5.51. The van der Waals surface area contributed by atoms with Crippen LogP contribution in [0.1, 0.15) is 46.5 Å². The minimum Gasteiger partial charge on any atom is -0.497 e. The van der Waals surface area contributed by atoms with Crippen molar-refractivity contribution >= 4 is 5.69 Å². The first-order valence-electron chi connectivity index (χ1n) is 7.87. The van der Waals surface area contributed by atoms with Gasteiger partial charge in [0.1, 0.15) is 5.75 Å². The minimum atomic E-state index is 0.481. The van der Waals surface area contributed by atoms with Gasteiger partial charge in [-0.2, -0.15) is 0 Å². The Balaban J connectivity index is 1.75. The summed E-state index contributed by atoms with van der Waals surface area (Å²) in [6, 6.07) is 8.22. The highest BCUT2D eigenvalue weighted by molar-refractivity contribution is 5.46. The summed E-state index contributed by atoms with van der Waals surface area (Å²) < 4.78 is 5.18. The fourth-order valence-corrected chi connectivity index (χ4v) is 3.20. The average Bonchev–Trinajstić information content (AvgIpc) is 2.45. The fourth-order valence-electron chi connectivity index (χ4n) is 3.20. The molecule has 0 aliphatic heterocycles. The molecule has 1 saturated carbocycles. The maximum absolute atomic E-state index is 5.18. The lowest BCUT2D eigenvalue weighted by molar-refractivity contribution is 0.153. The zero-order valence-corrected chi connectivity index (χ0v) is 13.4. The molecule has 0 radical (unpaired) electrons. The number of benzene rings is 1. The van der Waals surface area contributed by atoms with E-state index in [1.807, 2.05) is 12.1 Å². The second-order valence-electron chi connectivity index (χ2n) is 7.19. The van der Waals surface area contributed by atoms with E-state index < -0.39 is 0 Å². The highest BCUT2D eigenvalue weighted by Gasteiger charge is 2.29. The van der Waals surface area contributed by atoms with Crippen molar-refractivity contribution < 1.29 is 4.74 Å². The molecule has 112 valence electrons. The van der Waals surface area contributed by atoms with E-state index in [-0.39, 0.29) is 0 Å². The Morgan fingerprint density at radius 1 is 1.05 bits per heavy atom. The lowest BCUT2D eigenvalue weighted by Crippen LogP contribution is -2.28. The van der Waals surface area contributed by atoms with E-state index >= 15 is 0 Å². The minimum absolute atomic E-state index is 0.481. The summed E-state index contributed by atoms with van der Waals surface area (Å²) in [5.41, 5.74) is 1.68. The van der Waals surface area contributed by atoms with E-state index in [1.165, 1.54) is 31.4 Å². The van der Waals surface area contributed by atoms with Crippen molar-refractivity contribution in [3.8, 4) is 5.75 Å². The molecule has 0 bridgehead atoms. The van der Waals surface area contributed by atoms with E-state index in [1.54, 1.807) is 7.11 Å². The Labute approximate surface area is 123 Å². The Bertz CT molecular complexity index is 396. The Morgan fingerprint density at radius 3 is 2.15 bits per heavy atom. The van der Waals surface area contributed by atoms with E-state index in [2.05, 4.69) is 38.2 Å². The second-order valence-corrected chi connectivity index (χ2v) is 7.19. The molecule has 0 saturated heterocycles. The van der Waals surface area contributed by atoms with Crippen LogP contribution in [0.25, 0.3) is 0 Å². The largest absolute Gasteiger partial charge is 0.497 e. The van der Waals surface area contributed by atoms with Gasteiger partial charge in [0.2, 0.25) is 0 Å². The Hall–Kier alpha value is -1.18. The van der Waals surface area contributed by atoms with Gasteiger partial charge in [-0.25, -0.2) is 0 Å². The lowest BCUT2D eigenvalue weighted by Gasteiger charge is -2.37. The average molecular weight is 275 g/mol. The molecule has 1 aromatic rings. The molecule has 1 aliphatic carbocycles. The van der Waals surface area contributed by atoms with Crippen molar-refractivity contribution in [2.45, 2.75) is 46.5 Å². The molecular formula is C18H29NO. The third kappa shape index (κ3) is 4.16. The molecule has 20 heavy (non-hydrogen) atoms. The van der Waals surface area contributed by atoms with Gasteiger partial charge in [0.15, 0.2) is 0 Å². The molecule has 0 unspecified atom stereocenters. The Morgan fingerprint density at radius 2 is 1.65 bits per heavy atom. The van der Waals surface area contributed by atoms with Crippen molar-refractivity contribution in [1.82, 2.24) is 0 Å². The molecule has 0 aromatic heterocycles. The van der Waals surface area contributed by atoms with E-state index in [4.69, 9.17) is 4.74 Å². The van der Waals surface area contributed by atoms with Crippen LogP contribution in [0.4, 0.5) is 5.69 Å². The summed E-state index contributed by atoms with van der Waals surface area (Å²) in [6.45, 7) is 8.25. The highest BCUT2D eigenvalue weighted by Crippen LogP contribution is 2.39. The van der Waals surface area contributed by atoms with Crippen LogP contribution in [0, 0.1) is 17.3 Å². The fraction of sp³-hybridized carbons (Fsp3) is 0.667. The smallest absolute Gasteiger partial charge is 0.119 e. The van der Waals surface area contributed by atoms with E-state index in [0.717, 1.165) is 24.1 Å². The van der Waals surface area contributed by atoms with Crippen molar-refractivity contribution in [3.63, 3.8) is 0 Å². The van der Waals surface area contributed by atoms with Gasteiger partial charge in [-0.05, 0) is 67.2 Å². The van der Waals surface area contributed by atoms with Crippen LogP contribution in [0.5, 0.6) is 5.75 Å². The van der Waals surface area contributed by atoms with Gasteiger partial charge in [0.05, 0.1) is 7.11 Å². The van der Waals surface area contributed by atoms with Crippen LogP contribution in [0.15, 0.2) is 24.3 Å². The molecule has 0 heterocycles. The predicted octanol–water partition coefficient (Wildman–Crippen LogP) is 4.96. The molecular weight excluding hydrogens is 246 g/mol. The van der Waals surface area contributed by atoms with Crippen LogP contribution in [0.2, 0.25) is 0 Å². The Kier molecular flexibility index (Phi) is 4.95. The van der Waals surface area contributed by atoms with Crippen molar-refractivity contribution in [2.75, 3.05) is 19.0 Å². The summed E-state index contributed by atoms with van der Waals surface area (Å²) >= 11 is 0. The molecule has 1 N–H and O–H groups in total. The third-order valence-corrected chi connectivity index (χ3v) is 4.76. The summed E-state index contributed by atoms with van der Waals surface area (Å²) in [4.78, 5) is 0. The van der Waals surface area contributed by atoms with Gasteiger partial charge in [-0.3, -0.25) is 0 Å². The van der Waals surface area contributed by atoms with Crippen LogP contribution in [-0.2, 0) is 0 Å². The summed E-state index contributed by atoms with van der Waals surface area (Å²) in [5, 5.41) is 3.56. The van der Waals surface area contributed by atoms with Crippen LogP contribution < -0.4 is 10.1 Å². The topological polar surface area (TPSA) is 21.3 Å². The van der Waals surface area contributed by atoms with E-state index in [0.29, 0.717) is 5.41 Å². The van der Waals surface area contributed by atoms with Crippen LogP contribution in [-0.4, -0.2) is 13.7 Å². The number of hydrogen-bond donors (Lipinski definition) is 1. The molecule has 0 amide bonds. The SMILES string of the molecule is COc1ccc(NCC2CCC(C(C)(C)C)CC2)cc1. The third-order valence-electron chi connectivity index (χ3n) is 4.76. The molecule has 2 nitrogen and oxygen atoms in total. The first-order valence-corrected chi connectivity index (χ1v) is 7.87. The van der Waals surface area contributed by atoms with Gasteiger partial charge < -0.3 is 10.1 Å². The number of methoxy groups -OCH3 is 1. The second kappa shape index (κ2) is 6.51. The maximum Gasteiger partial charge on any atom is 0.119 e. The van der Waals surface area contributed by atoms with Crippen molar-refractivity contribution in [3.05, 3.63) is 24.3 Å². The first-order chi connectivity index (χ1) is 9.49. The molecule has 0 atom stereocenters. The quantitative estimate of drug-likeness (QED) is 0.838. The van der Waals surface area contributed by atoms with Gasteiger partial charge >= 0.3 is 0 Å². The predicted molar refractivity (Wildman–Crippen MR) is 86.4 cm³/mol. The molecule has 2 rings (SSSR count). The maximum atomic E-state index is 5.18. The molecule has 1 fully saturated rings. The summed E-state index contributed by atoms with van der Waals surface area (Å²) in [7, 11) is 1.70. The highest BCUT2D eigenvalue weighted by atomic mass is 16.5. The van der Waals surface area contributed by atoms with Crippen molar-refractivity contribution in [1.29, 1.82) is 0 Å². The monoisotopic (exact) mass is 275 g/mol. The van der Waals surface area contributed by atoms with Gasteiger partial charge in [0, 0.05) is 12.2 Å². The number of rotatable bonds is 4. The molecule has 2 heteroatoms. The van der Waals surface area contributed by atoms with Crippen LogP contribution >= 0.6 is 0 Å².